The Labute approximate surface area is 167 Å². The fourth-order valence-electron chi connectivity index (χ4n) is 2.90. The third-order valence-electron chi connectivity index (χ3n) is 4.18. The van der Waals surface area contributed by atoms with Crippen LogP contribution in [0, 0.1) is 5.82 Å². The van der Waals surface area contributed by atoms with Gasteiger partial charge in [-0.25, -0.2) is 12.8 Å². The molecule has 1 heterocycles. The van der Waals surface area contributed by atoms with Crippen molar-refractivity contribution in [3.8, 4) is 17.1 Å². The van der Waals surface area contributed by atoms with Gasteiger partial charge in [0.1, 0.15) is 28.8 Å². The van der Waals surface area contributed by atoms with E-state index in [0.29, 0.717) is 34.6 Å². The highest BCUT2D eigenvalue weighted by molar-refractivity contribution is 7.90. The summed E-state index contributed by atoms with van der Waals surface area (Å²) >= 11 is 0. The number of sulfone groups is 1. The maximum absolute atomic E-state index is 13.3. The van der Waals surface area contributed by atoms with Crippen LogP contribution in [0.2, 0.25) is 0 Å². The first-order valence-corrected chi connectivity index (χ1v) is 10.9. The zero-order chi connectivity index (χ0) is 21.2. The van der Waals surface area contributed by atoms with Gasteiger partial charge in [-0.1, -0.05) is 0 Å². The highest BCUT2D eigenvalue weighted by Crippen LogP contribution is 2.39. The van der Waals surface area contributed by atoms with Crippen LogP contribution >= 0.6 is 0 Å². The largest absolute Gasteiger partial charge is 0.492 e. The number of rotatable bonds is 7. The van der Waals surface area contributed by atoms with E-state index in [1.807, 2.05) is 0 Å². The maximum atomic E-state index is 13.3. The summed E-state index contributed by atoms with van der Waals surface area (Å²) in [5, 5.41) is 5.91. The number of amides is 1. The Balaban J connectivity index is 2.22. The fraction of sp³-hybridized carbons (Fsp3) is 0.250. The van der Waals surface area contributed by atoms with Crippen molar-refractivity contribution in [3.63, 3.8) is 0 Å². The van der Waals surface area contributed by atoms with Gasteiger partial charge in [0.25, 0.3) is 5.91 Å². The quantitative estimate of drug-likeness (QED) is 0.608. The Morgan fingerprint density at radius 3 is 2.48 bits per heavy atom. The van der Waals surface area contributed by atoms with E-state index in [-0.39, 0.29) is 23.1 Å². The third-order valence-corrected chi connectivity index (χ3v) is 4.84. The number of ether oxygens (including phenoxy) is 1. The molecule has 0 aliphatic carbocycles. The lowest BCUT2D eigenvalue weighted by atomic mass is 10.0. The van der Waals surface area contributed by atoms with Gasteiger partial charge in [0, 0.05) is 30.3 Å². The lowest BCUT2D eigenvalue weighted by Crippen LogP contribution is -2.18. The van der Waals surface area contributed by atoms with E-state index in [4.69, 9.17) is 9.15 Å². The Hall–Kier alpha value is -3.07. The van der Waals surface area contributed by atoms with E-state index >= 15 is 0 Å². The van der Waals surface area contributed by atoms with Crippen LogP contribution in [0.3, 0.4) is 0 Å². The molecule has 0 aliphatic rings. The maximum Gasteiger partial charge on any atom is 0.255 e. The number of hydrogen-bond donors (Lipinski definition) is 2. The first-order valence-electron chi connectivity index (χ1n) is 8.86. The van der Waals surface area contributed by atoms with Gasteiger partial charge in [0.05, 0.1) is 17.9 Å². The second-order valence-electron chi connectivity index (χ2n) is 6.42. The molecular weight excluding hydrogens is 399 g/mol. The van der Waals surface area contributed by atoms with E-state index in [0.717, 1.165) is 6.26 Å². The minimum Gasteiger partial charge on any atom is -0.492 e. The van der Waals surface area contributed by atoms with Crippen LogP contribution < -0.4 is 15.4 Å². The first-order chi connectivity index (χ1) is 13.7. The van der Waals surface area contributed by atoms with Crippen LogP contribution in [0.4, 0.5) is 10.1 Å². The van der Waals surface area contributed by atoms with Gasteiger partial charge >= 0.3 is 0 Å². The van der Waals surface area contributed by atoms with E-state index in [1.165, 1.54) is 31.3 Å². The van der Waals surface area contributed by atoms with Gasteiger partial charge in [-0.05, 0) is 37.3 Å². The van der Waals surface area contributed by atoms with Crippen LogP contribution in [-0.2, 0) is 9.84 Å². The van der Waals surface area contributed by atoms with E-state index in [1.54, 1.807) is 19.1 Å². The zero-order valence-electron chi connectivity index (χ0n) is 16.2. The zero-order valence-corrected chi connectivity index (χ0v) is 17.0. The van der Waals surface area contributed by atoms with Crippen LogP contribution in [-0.4, -0.2) is 40.1 Å². The summed E-state index contributed by atoms with van der Waals surface area (Å²) in [5.74, 6) is -0.395. The van der Waals surface area contributed by atoms with Gasteiger partial charge in [-0.3, -0.25) is 4.79 Å². The molecule has 1 amide bonds. The number of carbonyl (C=O) groups excluding carboxylic acids is 1. The number of nitrogens with one attached hydrogen (secondary N) is 2. The number of carbonyl (C=O) groups is 1. The Morgan fingerprint density at radius 2 is 1.90 bits per heavy atom. The van der Waals surface area contributed by atoms with Crippen molar-refractivity contribution in [2.45, 2.75) is 6.92 Å². The number of hydrogen-bond acceptors (Lipinski definition) is 6. The molecule has 3 aromatic rings. The van der Waals surface area contributed by atoms with Crippen molar-refractivity contribution >= 4 is 32.4 Å². The molecule has 2 N–H and O–H groups in total. The van der Waals surface area contributed by atoms with Crippen LogP contribution in [0.5, 0.6) is 5.75 Å². The molecule has 0 bridgehead atoms. The van der Waals surface area contributed by atoms with Crippen molar-refractivity contribution in [1.29, 1.82) is 0 Å². The van der Waals surface area contributed by atoms with Gasteiger partial charge in [0.15, 0.2) is 9.84 Å². The molecule has 0 saturated carbocycles. The van der Waals surface area contributed by atoms with Crippen LogP contribution in [0.15, 0.2) is 40.8 Å². The highest BCUT2D eigenvalue weighted by atomic mass is 32.2. The summed E-state index contributed by atoms with van der Waals surface area (Å²) in [7, 11) is -1.77. The number of furan rings is 1. The van der Waals surface area contributed by atoms with Crippen molar-refractivity contribution < 1.29 is 26.8 Å². The monoisotopic (exact) mass is 420 g/mol. The van der Waals surface area contributed by atoms with Gasteiger partial charge < -0.3 is 19.8 Å². The van der Waals surface area contributed by atoms with Crippen molar-refractivity contribution in [2.24, 2.45) is 0 Å². The average molecular weight is 420 g/mol. The molecule has 0 unspecified atom stereocenters. The molecule has 0 radical (unpaired) electrons. The van der Waals surface area contributed by atoms with Crippen LogP contribution in [0.25, 0.3) is 22.3 Å². The molecule has 0 atom stereocenters. The molecule has 2 aromatic carbocycles. The molecule has 7 nitrogen and oxygen atoms in total. The van der Waals surface area contributed by atoms with Crippen molar-refractivity contribution in [2.75, 3.05) is 31.1 Å². The Bertz CT molecular complexity index is 1150. The highest BCUT2D eigenvalue weighted by Gasteiger charge is 2.23. The summed E-state index contributed by atoms with van der Waals surface area (Å²) in [6.07, 6.45) is 1.11. The molecule has 0 saturated heterocycles. The normalized spacial score (nSPS) is 11.4. The molecule has 0 spiro atoms. The Kier molecular flexibility index (Phi) is 5.78. The topological polar surface area (TPSA) is 97.6 Å². The third kappa shape index (κ3) is 4.51. The van der Waals surface area contributed by atoms with E-state index < -0.39 is 15.7 Å². The summed E-state index contributed by atoms with van der Waals surface area (Å²) in [6.45, 7) is 2.14. The predicted octanol–water partition coefficient (Wildman–Crippen LogP) is 3.41. The molecule has 3 rings (SSSR count). The summed E-state index contributed by atoms with van der Waals surface area (Å²) in [6, 6.07) is 8.81. The molecule has 0 aliphatic heterocycles. The lowest BCUT2D eigenvalue weighted by molar-refractivity contribution is 0.0964. The molecule has 154 valence electrons. The second kappa shape index (κ2) is 8.12. The fourth-order valence-corrected chi connectivity index (χ4v) is 3.32. The minimum atomic E-state index is -3.27. The SMILES string of the molecule is CCOc1cc2c(C(=O)NC)c(-c3ccc(F)cc3)oc2cc1NCS(C)(=O)=O. The molecule has 0 fully saturated rings. The molecule has 29 heavy (non-hydrogen) atoms. The van der Waals surface area contributed by atoms with Gasteiger partial charge in [-0.15, -0.1) is 0 Å². The minimum absolute atomic E-state index is 0.280. The van der Waals surface area contributed by atoms with Crippen molar-refractivity contribution in [1.82, 2.24) is 5.32 Å². The van der Waals surface area contributed by atoms with Crippen molar-refractivity contribution in [3.05, 3.63) is 47.8 Å². The molecule has 9 heteroatoms. The number of benzene rings is 2. The number of fused-ring (bicyclic) bond motifs is 1. The molecule has 1 aromatic heterocycles. The van der Waals surface area contributed by atoms with Gasteiger partial charge in [0.2, 0.25) is 0 Å². The summed E-state index contributed by atoms with van der Waals surface area (Å²) in [5.41, 5.74) is 1.60. The Morgan fingerprint density at radius 1 is 1.21 bits per heavy atom. The average Bonchev–Trinajstić information content (AvgIpc) is 3.04. The van der Waals surface area contributed by atoms with Gasteiger partial charge in [-0.2, -0.15) is 0 Å². The van der Waals surface area contributed by atoms with E-state index in [2.05, 4.69) is 10.6 Å². The second-order valence-corrected chi connectivity index (χ2v) is 8.56. The smallest absolute Gasteiger partial charge is 0.255 e. The standard InChI is InChI=1S/C20H21FN2O5S/c1-4-27-17-9-14-16(10-15(17)23-11-29(3,25)26)28-19(18(14)20(24)22-2)12-5-7-13(21)8-6-12/h5-10,23H,4,11H2,1-3H3,(H,22,24). The number of halogens is 1. The summed E-state index contributed by atoms with van der Waals surface area (Å²) in [4.78, 5) is 12.6. The van der Waals surface area contributed by atoms with E-state index in [9.17, 15) is 17.6 Å². The predicted molar refractivity (Wildman–Crippen MR) is 110 cm³/mol. The lowest BCUT2D eigenvalue weighted by Gasteiger charge is -2.12. The summed E-state index contributed by atoms with van der Waals surface area (Å²) < 4.78 is 47.9. The van der Waals surface area contributed by atoms with Crippen LogP contribution in [0.1, 0.15) is 17.3 Å². The number of anilines is 1. The molecular formula is C20H21FN2O5S. The first kappa shape index (κ1) is 20.7.